The first-order valence-electron chi connectivity index (χ1n) is 10.6. The van der Waals surface area contributed by atoms with Crippen LogP contribution in [0.5, 0.6) is 11.5 Å². The van der Waals surface area contributed by atoms with E-state index in [4.69, 9.17) is 19.2 Å². The molecule has 0 saturated heterocycles. The summed E-state index contributed by atoms with van der Waals surface area (Å²) in [6, 6.07) is 3.58. The van der Waals surface area contributed by atoms with Gasteiger partial charge < -0.3 is 24.1 Å². The van der Waals surface area contributed by atoms with Crippen LogP contribution in [0.1, 0.15) is 28.3 Å². The van der Waals surface area contributed by atoms with Crippen molar-refractivity contribution in [1.82, 2.24) is 14.9 Å². The molecule has 5 heterocycles. The van der Waals surface area contributed by atoms with E-state index in [9.17, 15) is 24.2 Å². The second kappa shape index (κ2) is 7.68. The number of cyclic esters (lactones) is 1. The van der Waals surface area contributed by atoms with Gasteiger partial charge in [-0.1, -0.05) is 5.18 Å². The molecule has 0 spiro atoms. The number of fused-ring (bicyclic) bond motifs is 6. The molecule has 1 amide bonds. The van der Waals surface area contributed by atoms with E-state index in [1.54, 1.807) is 18.2 Å². The monoisotopic (exact) mass is 477 g/mol. The number of pyridine rings is 2. The molecule has 1 unspecified atom stereocenters. The third-order valence-electron chi connectivity index (χ3n) is 6.34. The number of hydrogen-bond donors (Lipinski definition) is 1. The van der Waals surface area contributed by atoms with Gasteiger partial charge in [-0.2, -0.15) is 4.91 Å². The molecule has 1 atom stereocenters. The van der Waals surface area contributed by atoms with Crippen molar-refractivity contribution in [2.75, 3.05) is 13.3 Å². The minimum absolute atomic E-state index is 0.0396. The highest BCUT2D eigenvalue weighted by molar-refractivity contribution is 5.91. The van der Waals surface area contributed by atoms with Gasteiger partial charge in [0.1, 0.15) is 6.61 Å². The van der Waals surface area contributed by atoms with Crippen LogP contribution in [-0.2, 0) is 34.0 Å². The van der Waals surface area contributed by atoms with E-state index in [-0.39, 0.29) is 37.6 Å². The molecule has 2 aromatic heterocycles. The van der Waals surface area contributed by atoms with Crippen molar-refractivity contribution in [2.45, 2.75) is 25.7 Å². The summed E-state index contributed by atoms with van der Waals surface area (Å²) in [6.07, 6.45) is 0. The normalized spacial score (nSPS) is 16.8. The standard InChI is InChI=1S/C22H15N5O8/c28-18(5-24-31)23-4-11-9-2-16-17(35-8-34-16)3-14(9)25-19-12(11)6-27-15(19)1-10-13(21(27)29)7-33-22(30)20(10)26-32/h1-3,20H,4-8H2,(H,23,28). The maximum atomic E-state index is 13.3. The van der Waals surface area contributed by atoms with E-state index in [1.807, 2.05) is 0 Å². The van der Waals surface area contributed by atoms with E-state index in [0.29, 0.717) is 44.9 Å². The Morgan fingerprint density at radius 3 is 2.69 bits per heavy atom. The highest BCUT2D eigenvalue weighted by atomic mass is 16.7. The number of nitrogens with one attached hydrogen (secondary N) is 1. The van der Waals surface area contributed by atoms with Gasteiger partial charge in [-0.3, -0.25) is 9.59 Å². The summed E-state index contributed by atoms with van der Waals surface area (Å²) in [4.78, 5) is 63.9. The van der Waals surface area contributed by atoms with Crippen molar-refractivity contribution >= 4 is 22.8 Å². The zero-order chi connectivity index (χ0) is 24.3. The van der Waals surface area contributed by atoms with Gasteiger partial charge in [0, 0.05) is 29.1 Å². The maximum Gasteiger partial charge on any atom is 0.339 e. The number of carbonyl (C=O) groups excluding carboxylic acids is 2. The van der Waals surface area contributed by atoms with Crippen LogP contribution in [0.4, 0.5) is 0 Å². The summed E-state index contributed by atoms with van der Waals surface area (Å²) in [7, 11) is 0. The van der Waals surface area contributed by atoms with Crippen LogP contribution in [0.25, 0.3) is 22.3 Å². The number of rotatable bonds is 5. The summed E-state index contributed by atoms with van der Waals surface area (Å²) >= 11 is 0. The van der Waals surface area contributed by atoms with Crippen LogP contribution in [-0.4, -0.2) is 34.8 Å². The molecule has 0 fully saturated rings. The quantitative estimate of drug-likeness (QED) is 0.330. The lowest BCUT2D eigenvalue weighted by atomic mass is 9.97. The number of nitrogens with zero attached hydrogens (tertiary/aromatic N) is 4. The molecule has 0 bridgehead atoms. The van der Waals surface area contributed by atoms with Crippen molar-refractivity contribution in [3.8, 4) is 22.9 Å². The Labute approximate surface area is 194 Å². The molecule has 0 saturated carbocycles. The molecule has 13 nitrogen and oxygen atoms in total. The summed E-state index contributed by atoms with van der Waals surface area (Å²) in [5.41, 5.74) is 2.68. The summed E-state index contributed by atoms with van der Waals surface area (Å²) in [6.45, 7) is -0.550. The molecule has 3 aliphatic rings. The van der Waals surface area contributed by atoms with Gasteiger partial charge in [0.15, 0.2) is 18.0 Å². The van der Waals surface area contributed by atoms with Crippen LogP contribution in [0.3, 0.4) is 0 Å². The average molecular weight is 477 g/mol. The number of ether oxygens (including phenoxy) is 3. The fourth-order valence-corrected chi connectivity index (χ4v) is 4.70. The van der Waals surface area contributed by atoms with Crippen molar-refractivity contribution < 1.29 is 23.8 Å². The first kappa shape index (κ1) is 20.9. The van der Waals surface area contributed by atoms with Crippen LogP contribution >= 0.6 is 0 Å². The summed E-state index contributed by atoms with van der Waals surface area (Å²) in [5, 5.41) is 8.81. The van der Waals surface area contributed by atoms with Crippen LogP contribution in [0, 0.1) is 9.81 Å². The molecule has 1 aromatic carbocycles. The van der Waals surface area contributed by atoms with Gasteiger partial charge >= 0.3 is 5.97 Å². The van der Waals surface area contributed by atoms with Crippen molar-refractivity contribution in [2.24, 2.45) is 10.4 Å². The van der Waals surface area contributed by atoms with E-state index >= 15 is 0 Å². The fraction of sp³-hybridized carbons (Fsp3) is 0.273. The molecule has 0 radical (unpaired) electrons. The maximum absolute atomic E-state index is 13.3. The molecule has 1 N–H and O–H groups in total. The topological polar surface area (TPSA) is 168 Å². The van der Waals surface area contributed by atoms with E-state index < -0.39 is 30.0 Å². The number of benzene rings is 1. The molecule has 13 heteroatoms. The lowest BCUT2D eigenvalue weighted by Gasteiger charge is -2.20. The number of carbonyl (C=O) groups is 2. The molecule has 0 aliphatic carbocycles. The summed E-state index contributed by atoms with van der Waals surface area (Å²) in [5.74, 6) is -0.362. The van der Waals surface area contributed by atoms with Crippen molar-refractivity contribution in [1.29, 1.82) is 0 Å². The molecule has 35 heavy (non-hydrogen) atoms. The number of esters is 1. The first-order valence-corrected chi connectivity index (χ1v) is 10.6. The number of aromatic nitrogens is 2. The zero-order valence-electron chi connectivity index (χ0n) is 17.9. The van der Waals surface area contributed by atoms with Gasteiger partial charge in [-0.25, -0.2) is 9.78 Å². The lowest BCUT2D eigenvalue weighted by molar-refractivity contribution is -0.148. The third-order valence-corrected chi connectivity index (χ3v) is 6.34. The molecular weight excluding hydrogens is 462 g/mol. The average Bonchev–Trinajstić information content (AvgIpc) is 3.45. The number of nitroso groups, excluding NO2 is 2. The molecule has 3 aromatic rings. The van der Waals surface area contributed by atoms with Gasteiger partial charge in [0.05, 0.1) is 29.0 Å². The third kappa shape index (κ3) is 3.08. The second-order valence-corrected chi connectivity index (χ2v) is 8.17. The Bertz CT molecular complexity index is 1550. The van der Waals surface area contributed by atoms with Gasteiger partial charge in [-0.05, 0) is 22.9 Å². The smallest absolute Gasteiger partial charge is 0.339 e. The van der Waals surface area contributed by atoms with E-state index in [0.717, 1.165) is 0 Å². The minimum Gasteiger partial charge on any atom is -0.459 e. The highest BCUT2D eigenvalue weighted by Gasteiger charge is 2.36. The Kier molecular flexibility index (Phi) is 4.59. The fourth-order valence-electron chi connectivity index (χ4n) is 4.70. The van der Waals surface area contributed by atoms with Crippen molar-refractivity contribution in [3.63, 3.8) is 0 Å². The van der Waals surface area contributed by atoms with E-state index in [1.165, 1.54) is 4.57 Å². The van der Waals surface area contributed by atoms with Crippen LogP contribution in [0.15, 0.2) is 33.3 Å². The molecule has 6 rings (SSSR count). The summed E-state index contributed by atoms with van der Waals surface area (Å²) < 4.78 is 17.4. The first-order chi connectivity index (χ1) is 17.0. The number of hydrogen-bond acceptors (Lipinski definition) is 11. The molecule has 176 valence electrons. The zero-order valence-corrected chi connectivity index (χ0v) is 17.9. The van der Waals surface area contributed by atoms with Gasteiger partial charge in [0.25, 0.3) is 5.56 Å². The Hall–Kier alpha value is -4.68. The Balaban J connectivity index is 1.57. The Morgan fingerprint density at radius 1 is 1.11 bits per heavy atom. The van der Waals surface area contributed by atoms with Gasteiger partial charge in [-0.15, -0.1) is 4.91 Å². The SMILES string of the molecule is O=NCC(=O)NCc1c2c(nc3cc4c(cc13)OCO4)-c1cc3c(c(=O)n1C2)COC(=O)C3N=O. The molecular formula is C22H15N5O8. The van der Waals surface area contributed by atoms with Crippen LogP contribution in [0.2, 0.25) is 0 Å². The highest BCUT2D eigenvalue weighted by Crippen LogP contribution is 2.42. The van der Waals surface area contributed by atoms with Crippen molar-refractivity contribution in [3.05, 3.63) is 60.6 Å². The second-order valence-electron chi connectivity index (χ2n) is 8.17. The predicted molar refractivity (Wildman–Crippen MR) is 118 cm³/mol. The molecule has 3 aliphatic heterocycles. The predicted octanol–water partition coefficient (Wildman–Crippen LogP) is 1.40. The van der Waals surface area contributed by atoms with Crippen LogP contribution < -0.4 is 20.3 Å². The lowest BCUT2D eigenvalue weighted by Crippen LogP contribution is -2.32. The number of amides is 1. The minimum atomic E-state index is -1.44. The van der Waals surface area contributed by atoms with Gasteiger partial charge in [0.2, 0.25) is 18.7 Å². The Morgan fingerprint density at radius 2 is 1.91 bits per heavy atom. The largest absolute Gasteiger partial charge is 0.459 e. The van der Waals surface area contributed by atoms with E-state index in [2.05, 4.69) is 15.7 Å².